The average Bonchev–Trinajstić information content (AvgIpc) is 3.22. The molecule has 0 atom stereocenters. The first kappa shape index (κ1) is 23.9. The first-order valence-electron chi connectivity index (χ1n) is 11.1. The maximum Gasteiger partial charge on any atom is 0.409 e. The number of nitrogens with zero attached hydrogens (tertiary/aromatic N) is 5. The van der Waals surface area contributed by atoms with Gasteiger partial charge in [-0.3, -0.25) is 0 Å². The number of fused-ring (bicyclic) bond motifs is 1. The minimum Gasteiger partial charge on any atom is -0.449 e. The van der Waals surface area contributed by atoms with E-state index in [0.717, 1.165) is 19.1 Å². The first-order valence-corrected chi connectivity index (χ1v) is 13.0. The molecule has 0 radical (unpaired) electrons. The highest BCUT2D eigenvalue weighted by Gasteiger charge is 2.28. The van der Waals surface area contributed by atoms with Gasteiger partial charge in [0, 0.05) is 19.3 Å². The van der Waals surface area contributed by atoms with Gasteiger partial charge in [-0.25, -0.2) is 27.9 Å². The van der Waals surface area contributed by atoms with E-state index in [1.807, 2.05) is 25.5 Å². The molecule has 2 aromatic heterocycles. The van der Waals surface area contributed by atoms with Crippen molar-refractivity contribution < 1.29 is 22.7 Å². The Balaban J connectivity index is 1.45. The van der Waals surface area contributed by atoms with Gasteiger partial charge in [-0.15, -0.1) is 0 Å². The van der Waals surface area contributed by atoms with Crippen LogP contribution in [0, 0.1) is 5.41 Å². The second kappa shape index (κ2) is 9.21. The number of hydrogen-bond acceptors (Lipinski definition) is 8. The summed E-state index contributed by atoms with van der Waals surface area (Å²) in [5.41, 5.74) is 0.573. The molecule has 0 saturated carbocycles. The summed E-state index contributed by atoms with van der Waals surface area (Å²) >= 11 is 0. The van der Waals surface area contributed by atoms with Crippen LogP contribution in [0.2, 0.25) is 0 Å². The Bertz CT molecular complexity index is 1270. The monoisotopic (exact) mass is 487 g/mol. The van der Waals surface area contributed by atoms with Crippen molar-refractivity contribution in [2.75, 3.05) is 26.0 Å². The SMILES string of the molecule is CC(C)(C)COC(=O)N1CCC(n2ncc3c(Oc4ccc(S(C)(=O)=O)cc4)ncnc32)CC1. The van der Waals surface area contributed by atoms with E-state index in [1.165, 1.54) is 18.5 Å². The molecule has 4 rings (SSSR count). The number of benzene rings is 1. The van der Waals surface area contributed by atoms with Gasteiger partial charge in [0.25, 0.3) is 0 Å². The summed E-state index contributed by atoms with van der Waals surface area (Å²) in [7, 11) is -3.28. The topological polar surface area (TPSA) is 117 Å². The van der Waals surface area contributed by atoms with Crippen LogP contribution in [0.5, 0.6) is 11.6 Å². The van der Waals surface area contributed by atoms with Crippen molar-refractivity contribution in [3.05, 3.63) is 36.8 Å². The molecule has 11 heteroatoms. The molecular formula is C23H29N5O5S. The second-order valence-electron chi connectivity index (χ2n) is 9.68. The number of sulfone groups is 1. The smallest absolute Gasteiger partial charge is 0.409 e. The summed E-state index contributed by atoms with van der Waals surface area (Å²) in [6.45, 7) is 7.62. The number of piperidine rings is 1. The molecule has 3 heterocycles. The largest absolute Gasteiger partial charge is 0.449 e. The lowest BCUT2D eigenvalue weighted by atomic mass is 9.99. The highest BCUT2D eigenvalue weighted by atomic mass is 32.2. The van der Waals surface area contributed by atoms with E-state index in [2.05, 4.69) is 15.1 Å². The van der Waals surface area contributed by atoms with Crippen molar-refractivity contribution >= 4 is 27.0 Å². The summed E-state index contributed by atoms with van der Waals surface area (Å²) in [6, 6.07) is 6.24. The number of ether oxygens (including phenoxy) is 2. The molecule has 0 unspecified atom stereocenters. The van der Waals surface area contributed by atoms with Crippen molar-refractivity contribution in [2.45, 2.75) is 44.6 Å². The lowest BCUT2D eigenvalue weighted by Gasteiger charge is -2.32. The van der Waals surface area contributed by atoms with Crippen LogP contribution in [0.25, 0.3) is 11.0 Å². The number of amides is 1. The quantitative estimate of drug-likeness (QED) is 0.533. The Morgan fingerprint density at radius 3 is 2.41 bits per heavy atom. The highest BCUT2D eigenvalue weighted by Crippen LogP contribution is 2.31. The van der Waals surface area contributed by atoms with Crippen LogP contribution < -0.4 is 4.74 Å². The minimum atomic E-state index is -3.28. The highest BCUT2D eigenvalue weighted by molar-refractivity contribution is 7.90. The zero-order chi connectivity index (χ0) is 24.5. The van der Waals surface area contributed by atoms with Gasteiger partial charge in [-0.05, 0) is 42.5 Å². The summed E-state index contributed by atoms with van der Waals surface area (Å²) in [5, 5.41) is 5.18. The van der Waals surface area contributed by atoms with Gasteiger partial charge in [-0.2, -0.15) is 5.10 Å². The Kier molecular flexibility index (Phi) is 6.48. The maximum absolute atomic E-state index is 12.4. The molecule has 182 valence electrons. The van der Waals surface area contributed by atoms with Gasteiger partial charge in [0.2, 0.25) is 5.88 Å². The number of carbonyl (C=O) groups excluding carboxylic acids is 1. The van der Waals surface area contributed by atoms with Crippen LogP contribution in [-0.4, -0.2) is 65.1 Å². The molecule has 1 aromatic carbocycles. The van der Waals surface area contributed by atoms with Crippen LogP contribution in [0.4, 0.5) is 4.79 Å². The van der Waals surface area contributed by atoms with E-state index in [4.69, 9.17) is 9.47 Å². The minimum absolute atomic E-state index is 0.0722. The number of hydrogen-bond donors (Lipinski definition) is 0. The van der Waals surface area contributed by atoms with Crippen LogP contribution in [0.1, 0.15) is 39.7 Å². The van der Waals surface area contributed by atoms with E-state index in [9.17, 15) is 13.2 Å². The Morgan fingerprint density at radius 2 is 1.79 bits per heavy atom. The van der Waals surface area contributed by atoms with Gasteiger partial charge >= 0.3 is 6.09 Å². The van der Waals surface area contributed by atoms with Crippen molar-refractivity contribution in [1.29, 1.82) is 0 Å². The third kappa shape index (κ3) is 5.46. The number of aromatic nitrogens is 4. The fourth-order valence-corrected chi connectivity index (χ4v) is 4.35. The average molecular weight is 488 g/mol. The molecule has 0 N–H and O–H groups in total. The maximum atomic E-state index is 12.4. The normalized spacial score (nSPS) is 15.5. The molecule has 0 bridgehead atoms. The lowest BCUT2D eigenvalue weighted by molar-refractivity contribution is 0.0622. The Hall–Kier alpha value is -3.21. The van der Waals surface area contributed by atoms with Gasteiger partial charge in [0.05, 0.1) is 23.7 Å². The van der Waals surface area contributed by atoms with Gasteiger partial charge < -0.3 is 14.4 Å². The second-order valence-corrected chi connectivity index (χ2v) is 11.7. The molecule has 1 saturated heterocycles. The first-order chi connectivity index (χ1) is 16.0. The number of carbonyl (C=O) groups is 1. The molecule has 10 nitrogen and oxygen atoms in total. The third-order valence-electron chi connectivity index (χ3n) is 5.52. The van der Waals surface area contributed by atoms with Crippen molar-refractivity contribution in [2.24, 2.45) is 5.41 Å². The Labute approximate surface area is 198 Å². The van der Waals surface area contributed by atoms with Crippen molar-refractivity contribution in [1.82, 2.24) is 24.6 Å². The predicted molar refractivity (Wildman–Crippen MR) is 126 cm³/mol. The fourth-order valence-electron chi connectivity index (χ4n) is 3.72. The van der Waals surface area contributed by atoms with Gasteiger partial charge in [0.15, 0.2) is 15.5 Å². The van der Waals surface area contributed by atoms with E-state index < -0.39 is 9.84 Å². The van der Waals surface area contributed by atoms with E-state index >= 15 is 0 Å². The molecular weight excluding hydrogens is 458 g/mol. The molecule has 1 fully saturated rings. The van der Waals surface area contributed by atoms with E-state index in [1.54, 1.807) is 23.2 Å². The fraction of sp³-hybridized carbons (Fsp3) is 0.478. The van der Waals surface area contributed by atoms with Crippen LogP contribution >= 0.6 is 0 Å². The molecule has 1 aliphatic rings. The van der Waals surface area contributed by atoms with Crippen LogP contribution in [-0.2, 0) is 14.6 Å². The van der Waals surface area contributed by atoms with E-state index in [0.29, 0.717) is 42.4 Å². The summed E-state index contributed by atoms with van der Waals surface area (Å²) in [5.74, 6) is 0.800. The van der Waals surface area contributed by atoms with E-state index in [-0.39, 0.29) is 22.4 Å². The Morgan fingerprint density at radius 1 is 1.12 bits per heavy atom. The molecule has 34 heavy (non-hydrogen) atoms. The zero-order valence-electron chi connectivity index (χ0n) is 19.8. The molecule has 0 spiro atoms. The van der Waals surface area contributed by atoms with Crippen LogP contribution in [0.15, 0.2) is 41.7 Å². The van der Waals surface area contributed by atoms with Gasteiger partial charge in [0.1, 0.15) is 17.5 Å². The predicted octanol–water partition coefficient (Wildman–Crippen LogP) is 3.84. The van der Waals surface area contributed by atoms with Crippen molar-refractivity contribution in [3.63, 3.8) is 0 Å². The number of rotatable bonds is 5. The lowest BCUT2D eigenvalue weighted by Crippen LogP contribution is -2.40. The number of likely N-dealkylation sites (tertiary alicyclic amines) is 1. The molecule has 0 aliphatic carbocycles. The molecule has 1 amide bonds. The van der Waals surface area contributed by atoms with Crippen molar-refractivity contribution in [3.8, 4) is 11.6 Å². The zero-order valence-corrected chi connectivity index (χ0v) is 20.6. The summed E-state index contributed by atoms with van der Waals surface area (Å²) in [4.78, 5) is 22.9. The molecule has 1 aliphatic heterocycles. The molecule has 3 aromatic rings. The van der Waals surface area contributed by atoms with Gasteiger partial charge in [-0.1, -0.05) is 20.8 Å². The summed E-state index contributed by atoms with van der Waals surface area (Å²) in [6.07, 6.45) is 5.42. The standard InChI is InChI=1S/C23H29N5O5S/c1-23(2,3)14-32-22(29)27-11-9-16(10-12-27)28-20-19(13-26-28)21(25-15-24-20)33-17-5-7-18(8-6-17)34(4,30)31/h5-8,13,15-16H,9-12,14H2,1-4H3. The summed E-state index contributed by atoms with van der Waals surface area (Å²) < 4.78 is 36.5. The van der Waals surface area contributed by atoms with Crippen LogP contribution in [0.3, 0.4) is 0 Å². The third-order valence-corrected chi connectivity index (χ3v) is 6.65.